The first-order valence-electron chi connectivity index (χ1n) is 7.17. The van der Waals surface area contributed by atoms with Crippen molar-refractivity contribution in [3.8, 4) is 11.4 Å². The Morgan fingerprint density at radius 2 is 2.15 bits per heavy atom. The monoisotopic (exact) mass is 267 g/mol. The lowest BCUT2D eigenvalue weighted by molar-refractivity contribution is 0.748. The number of aryl methyl sites for hydroxylation is 3. The molecule has 1 aliphatic heterocycles. The summed E-state index contributed by atoms with van der Waals surface area (Å²) in [6.45, 7) is 6.17. The van der Waals surface area contributed by atoms with Crippen LogP contribution in [0.5, 0.6) is 0 Å². The molecule has 20 heavy (non-hydrogen) atoms. The molecule has 0 atom stereocenters. The maximum Gasteiger partial charge on any atom is 0.164 e. The molecule has 102 valence electrons. The van der Waals surface area contributed by atoms with E-state index in [-0.39, 0.29) is 0 Å². The smallest absolute Gasteiger partial charge is 0.164 e. The number of fused-ring (bicyclic) bond motifs is 2. The van der Waals surface area contributed by atoms with E-state index in [4.69, 9.17) is 0 Å². The molecule has 0 unspecified atom stereocenters. The van der Waals surface area contributed by atoms with Gasteiger partial charge in [0.05, 0.1) is 11.0 Å². The third kappa shape index (κ3) is 1.52. The first-order chi connectivity index (χ1) is 9.78. The molecule has 0 bridgehead atoms. The molecule has 5 nitrogen and oxygen atoms in total. The van der Waals surface area contributed by atoms with E-state index in [1.165, 1.54) is 11.9 Å². The van der Waals surface area contributed by atoms with Gasteiger partial charge in [0, 0.05) is 25.1 Å². The van der Waals surface area contributed by atoms with Crippen LogP contribution in [0.2, 0.25) is 0 Å². The van der Waals surface area contributed by atoms with Gasteiger partial charge in [-0.2, -0.15) is 0 Å². The van der Waals surface area contributed by atoms with Crippen LogP contribution in [-0.2, 0) is 19.5 Å². The summed E-state index contributed by atoms with van der Waals surface area (Å²) in [5.41, 5.74) is 3.34. The normalized spacial score (nSPS) is 14.1. The fourth-order valence-corrected chi connectivity index (χ4v) is 3.15. The van der Waals surface area contributed by atoms with Crippen molar-refractivity contribution in [1.29, 1.82) is 0 Å². The molecule has 1 aliphatic rings. The van der Waals surface area contributed by atoms with Gasteiger partial charge >= 0.3 is 0 Å². The zero-order valence-electron chi connectivity index (χ0n) is 11.8. The Morgan fingerprint density at radius 3 is 3.00 bits per heavy atom. The predicted molar refractivity (Wildman–Crippen MR) is 77.5 cm³/mol. The molecular formula is C15H17N5. The number of nitrogens with zero attached hydrogens (tertiary/aromatic N) is 5. The molecular weight excluding hydrogens is 250 g/mol. The first-order valence-corrected chi connectivity index (χ1v) is 7.17. The lowest BCUT2D eigenvalue weighted by Gasteiger charge is -2.04. The van der Waals surface area contributed by atoms with E-state index < -0.39 is 0 Å². The van der Waals surface area contributed by atoms with E-state index >= 15 is 0 Å². The first kappa shape index (κ1) is 11.6. The average Bonchev–Trinajstić information content (AvgIpc) is 3.09. The third-order valence-electron chi connectivity index (χ3n) is 4.12. The van der Waals surface area contributed by atoms with Crippen molar-refractivity contribution in [2.75, 3.05) is 0 Å². The van der Waals surface area contributed by atoms with Crippen LogP contribution in [0.15, 0.2) is 18.2 Å². The number of hydrogen-bond donors (Lipinski definition) is 0. The maximum atomic E-state index is 4.65. The summed E-state index contributed by atoms with van der Waals surface area (Å²) in [6.07, 6.45) is 2.21. The van der Waals surface area contributed by atoms with Gasteiger partial charge in [-0.1, -0.05) is 0 Å². The highest BCUT2D eigenvalue weighted by atomic mass is 15.3. The van der Waals surface area contributed by atoms with Crippen molar-refractivity contribution < 1.29 is 0 Å². The molecule has 0 amide bonds. The van der Waals surface area contributed by atoms with E-state index in [0.717, 1.165) is 48.1 Å². The zero-order chi connectivity index (χ0) is 13.7. The minimum Gasteiger partial charge on any atom is -0.329 e. The second-order valence-corrected chi connectivity index (χ2v) is 5.30. The standard InChI is InChI=1S/C15H17N5/c1-3-19-10(2)16-12-9-11(6-7-13(12)19)15-18-17-14-5-4-8-20(14)15/h6-7,9H,3-5,8H2,1-2H3. The zero-order valence-corrected chi connectivity index (χ0v) is 11.8. The van der Waals surface area contributed by atoms with Gasteiger partial charge in [-0.15, -0.1) is 10.2 Å². The molecule has 0 N–H and O–H groups in total. The van der Waals surface area contributed by atoms with Gasteiger partial charge in [-0.3, -0.25) is 0 Å². The van der Waals surface area contributed by atoms with Crippen LogP contribution in [0, 0.1) is 6.92 Å². The maximum absolute atomic E-state index is 4.65. The molecule has 0 aliphatic carbocycles. The summed E-state index contributed by atoms with van der Waals surface area (Å²) in [4.78, 5) is 4.65. The summed E-state index contributed by atoms with van der Waals surface area (Å²) < 4.78 is 4.46. The van der Waals surface area contributed by atoms with Crippen molar-refractivity contribution in [1.82, 2.24) is 24.3 Å². The number of rotatable bonds is 2. The van der Waals surface area contributed by atoms with Crippen LogP contribution in [0.3, 0.4) is 0 Å². The van der Waals surface area contributed by atoms with E-state index in [1.807, 2.05) is 0 Å². The van der Waals surface area contributed by atoms with Gasteiger partial charge in [-0.05, 0) is 38.5 Å². The van der Waals surface area contributed by atoms with Crippen molar-refractivity contribution in [3.05, 3.63) is 29.8 Å². The molecule has 1 aromatic carbocycles. The minimum absolute atomic E-state index is 0.946. The summed E-state index contributed by atoms with van der Waals surface area (Å²) in [7, 11) is 0. The van der Waals surface area contributed by atoms with Gasteiger partial charge in [0.25, 0.3) is 0 Å². The lowest BCUT2D eigenvalue weighted by atomic mass is 10.2. The largest absolute Gasteiger partial charge is 0.329 e. The average molecular weight is 267 g/mol. The van der Waals surface area contributed by atoms with Crippen LogP contribution >= 0.6 is 0 Å². The fraction of sp³-hybridized carbons (Fsp3) is 0.400. The molecule has 3 aromatic rings. The molecule has 0 fully saturated rings. The van der Waals surface area contributed by atoms with E-state index in [0.29, 0.717) is 0 Å². The topological polar surface area (TPSA) is 48.5 Å². The Hall–Kier alpha value is -2.17. The predicted octanol–water partition coefficient (Wildman–Crippen LogP) is 2.57. The number of aromatic nitrogens is 5. The highest BCUT2D eigenvalue weighted by molar-refractivity contribution is 5.81. The highest BCUT2D eigenvalue weighted by Gasteiger charge is 2.19. The van der Waals surface area contributed by atoms with E-state index in [2.05, 4.69) is 56.4 Å². The SMILES string of the molecule is CCn1c(C)nc2cc(-c3nnc4n3CCC4)ccc21. The van der Waals surface area contributed by atoms with Crippen LogP contribution in [0.1, 0.15) is 25.0 Å². The van der Waals surface area contributed by atoms with Crippen LogP contribution in [-0.4, -0.2) is 24.3 Å². The second kappa shape index (κ2) is 4.16. The molecule has 3 heterocycles. The third-order valence-corrected chi connectivity index (χ3v) is 4.12. The van der Waals surface area contributed by atoms with E-state index in [9.17, 15) is 0 Å². The number of hydrogen-bond acceptors (Lipinski definition) is 3. The minimum atomic E-state index is 0.946. The molecule has 5 heteroatoms. The van der Waals surface area contributed by atoms with Crippen LogP contribution in [0.25, 0.3) is 22.4 Å². The Kier molecular flexibility index (Phi) is 2.42. The van der Waals surface area contributed by atoms with Crippen molar-refractivity contribution in [2.45, 2.75) is 39.8 Å². The lowest BCUT2D eigenvalue weighted by Crippen LogP contribution is -1.97. The number of imidazole rings is 1. The van der Waals surface area contributed by atoms with Gasteiger partial charge in [0.1, 0.15) is 11.6 Å². The van der Waals surface area contributed by atoms with Gasteiger partial charge < -0.3 is 9.13 Å². The van der Waals surface area contributed by atoms with Crippen molar-refractivity contribution in [3.63, 3.8) is 0 Å². The van der Waals surface area contributed by atoms with Gasteiger partial charge in [0.2, 0.25) is 0 Å². The Morgan fingerprint density at radius 1 is 1.25 bits per heavy atom. The summed E-state index contributed by atoms with van der Waals surface area (Å²) >= 11 is 0. The summed E-state index contributed by atoms with van der Waals surface area (Å²) in [5, 5.41) is 8.62. The molecule has 0 saturated heterocycles. The van der Waals surface area contributed by atoms with E-state index in [1.54, 1.807) is 0 Å². The van der Waals surface area contributed by atoms with Crippen molar-refractivity contribution >= 4 is 11.0 Å². The number of benzene rings is 1. The molecule has 2 aromatic heterocycles. The Balaban J connectivity index is 1.89. The van der Waals surface area contributed by atoms with Gasteiger partial charge in [-0.25, -0.2) is 4.98 Å². The molecule has 0 saturated carbocycles. The Bertz CT molecular complexity index is 796. The van der Waals surface area contributed by atoms with Crippen LogP contribution in [0.4, 0.5) is 0 Å². The summed E-state index contributed by atoms with van der Waals surface area (Å²) in [6, 6.07) is 6.40. The Labute approximate surface area is 117 Å². The molecule has 0 spiro atoms. The van der Waals surface area contributed by atoms with Gasteiger partial charge in [0.15, 0.2) is 5.82 Å². The second-order valence-electron chi connectivity index (χ2n) is 5.30. The molecule has 4 rings (SSSR count). The highest BCUT2D eigenvalue weighted by Crippen LogP contribution is 2.26. The summed E-state index contributed by atoms with van der Waals surface area (Å²) in [5.74, 6) is 3.14. The van der Waals surface area contributed by atoms with Crippen molar-refractivity contribution in [2.24, 2.45) is 0 Å². The van der Waals surface area contributed by atoms with Crippen LogP contribution < -0.4 is 0 Å². The quantitative estimate of drug-likeness (QED) is 0.717. The molecule has 0 radical (unpaired) electrons. The fourth-order valence-electron chi connectivity index (χ4n) is 3.15.